The second-order valence-electron chi connectivity index (χ2n) is 1.96. The molecule has 1 aromatic heterocycles. The van der Waals surface area contributed by atoms with Crippen LogP contribution >= 0.6 is 0 Å². The zero-order valence-electron chi connectivity index (χ0n) is 5.46. The van der Waals surface area contributed by atoms with Gasteiger partial charge in [0.25, 0.3) is 0 Å². The van der Waals surface area contributed by atoms with Crippen LogP contribution < -0.4 is 5.73 Å². The van der Waals surface area contributed by atoms with E-state index >= 15 is 0 Å². The van der Waals surface area contributed by atoms with Crippen molar-refractivity contribution in [1.82, 2.24) is 10.1 Å². The van der Waals surface area contributed by atoms with Gasteiger partial charge in [0.1, 0.15) is 0 Å². The Kier molecular flexibility index (Phi) is 1.48. The molecule has 4 heteroatoms. The van der Waals surface area contributed by atoms with Crippen molar-refractivity contribution in [3.63, 3.8) is 0 Å². The number of rotatable bonds is 1. The summed E-state index contributed by atoms with van der Waals surface area (Å²) in [5.74, 6) is 1.12. The summed E-state index contributed by atoms with van der Waals surface area (Å²) in [5.41, 5.74) is 5.44. The molecule has 0 aliphatic carbocycles. The lowest BCUT2D eigenvalue weighted by molar-refractivity contribution is 0.384. The first-order valence-electron chi connectivity index (χ1n) is 2.76. The monoisotopic (exact) mass is 127 g/mol. The van der Waals surface area contributed by atoms with Gasteiger partial charge < -0.3 is 10.3 Å². The van der Waals surface area contributed by atoms with Crippen molar-refractivity contribution in [3.05, 3.63) is 11.7 Å². The number of nitrogens with two attached hydrogens (primary N) is 1. The molecular weight excluding hydrogens is 118 g/mol. The Morgan fingerprint density at radius 3 is 2.56 bits per heavy atom. The summed E-state index contributed by atoms with van der Waals surface area (Å²) in [6.07, 6.45) is 0. The summed E-state index contributed by atoms with van der Waals surface area (Å²) < 4.78 is 4.68. The van der Waals surface area contributed by atoms with Crippen molar-refractivity contribution >= 4 is 0 Å². The Bertz CT molecular complexity index is 194. The van der Waals surface area contributed by atoms with Gasteiger partial charge >= 0.3 is 0 Å². The van der Waals surface area contributed by atoms with Crippen LogP contribution in [0.15, 0.2) is 4.52 Å². The van der Waals surface area contributed by atoms with Crippen molar-refractivity contribution in [2.24, 2.45) is 5.73 Å². The summed E-state index contributed by atoms with van der Waals surface area (Å²) in [6.45, 7) is 3.54. The molecule has 1 atom stereocenters. The molecule has 9 heavy (non-hydrogen) atoms. The quantitative estimate of drug-likeness (QED) is 0.593. The third-order valence-corrected chi connectivity index (χ3v) is 0.951. The highest BCUT2D eigenvalue weighted by Gasteiger charge is 2.05. The van der Waals surface area contributed by atoms with Gasteiger partial charge in [0.15, 0.2) is 5.82 Å². The first-order valence-corrected chi connectivity index (χ1v) is 2.76. The fourth-order valence-corrected chi connectivity index (χ4v) is 0.500. The molecule has 0 aliphatic heterocycles. The number of aromatic nitrogens is 2. The van der Waals surface area contributed by atoms with E-state index in [1.165, 1.54) is 0 Å². The lowest BCUT2D eigenvalue weighted by atomic mass is 10.3. The molecule has 1 heterocycles. The molecule has 1 aromatic rings. The van der Waals surface area contributed by atoms with Crippen LogP contribution in [0.25, 0.3) is 0 Å². The largest absolute Gasteiger partial charge is 0.340 e. The molecule has 0 saturated carbocycles. The van der Waals surface area contributed by atoms with E-state index in [4.69, 9.17) is 5.73 Å². The smallest absolute Gasteiger partial charge is 0.223 e. The maximum absolute atomic E-state index is 5.44. The van der Waals surface area contributed by atoms with Crippen molar-refractivity contribution in [1.29, 1.82) is 0 Å². The van der Waals surface area contributed by atoms with Crippen molar-refractivity contribution in [3.8, 4) is 0 Å². The molecule has 0 saturated heterocycles. The Morgan fingerprint density at radius 2 is 2.33 bits per heavy atom. The highest BCUT2D eigenvalue weighted by molar-refractivity contribution is 4.88. The van der Waals surface area contributed by atoms with E-state index in [9.17, 15) is 0 Å². The van der Waals surface area contributed by atoms with Gasteiger partial charge in [-0.2, -0.15) is 4.98 Å². The van der Waals surface area contributed by atoms with Gasteiger partial charge in [-0.15, -0.1) is 0 Å². The van der Waals surface area contributed by atoms with E-state index < -0.39 is 0 Å². The van der Waals surface area contributed by atoms with E-state index in [1.54, 1.807) is 6.92 Å². The summed E-state index contributed by atoms with van der Waals surface area (Å²) in [4.78, 5) is 3.91. The molecule has 0 fully saturated rings. The fourth-order valence-electron chi connectivity index (χ4n) is 0.500. The predicted octanol–water partition coefficient (Wildman–Crippen LogP) is 0.398. The van der Waals surface area contributed by atoms with Crippen molar-refractivity contribution in [2.45, 2.75) is 19.9 Å². The zero-order chi connectivity index (χ0) is 6.85. The van der Waals surface area contributed by atoms with Crippen LogP contribution in [-0.4, -0.2) is 10.1 Å². The maximum Gasteiger partial charge on any atom is 0.223 e. The first kappa shape index (κ1) is 6.22. The van der Waals surface area contributed by atoms with E-state index in [0.717, 1.165) is 0 Å². The van der Waals surface area contributed by atoms with Gasteiger partial charge in [-0.3, -0.25) is 0 Å². The van der Waals surface area contributed by atoms with Crippen LogP contribution in [0.5, 0.6) is 0 Å². The lowest BCUT2D eigenvalue weighted by Crippen LogP contribution is -2.06. The SMILES string of the molecule is Cc1nc(C(C)N)no1. The zero-order valence-corrected chi connectivity index (χ0v) is 5.46. The van der Waals surface area contributed by atoms with Crippen LogP contribution in [0.4, 0.5) is 0 Å². The molecule has 1 unspecified atom stereocenters. The number of nitrogens with zero attached hydrogens (tertiary/aromatic N) is 2. The highest BCUT2D eigenvalue weighted by Crippen LogP contribution is 2.02. The maximum atomic E-state index is 5.44. The minimum absolute atomic E-state index is 0.137. The third kappa shape index (κ3) is 1.26. The van der Waals surface area contributed by atoms with E-state index in [0.29, 0.717) is 11.7 Å². The van der Waals surface area contributed by atoms with Gasteiger partial charge in [-0.1, -0.05) is 5.16 Å². The Morgan fingerprint density at radius 1 is 1.67 bits per heavy atom. The molecule has 0 aromatic carbocycles. The van der Waals surface area contributed by atoms with Gasteiger partial charge in [-0.05, 0) is 6.92 Å². The molecule has 1 rings (SSSR count). The minimum Gasteiger partial charge on any atom is -0.340 e. The molecule has 0 amide bonds. The summed E-state index contributed by atoms with van der Waals surface area (Å²) >= 11 is 0. The molecule has 50 valence electrons. The molecule has 2 N–H and O–H groups in total. The lowest BCUT2D eigenvalue weighted by Gasteiger charge is -1.91. The summed E-state index contributed by atoms with van der Waals surface area (Å²) in [7, 11) is 0. The predicted molar refractivity (Wildman–Crippen MR) is 31.6 cm³/mol. The van der Waals surface area contributed by atoms with Crippen molar-refractivity contribution < 1.29 is 4.52 Å². The van der Waals surface area contributed by atoms with Gasteiger partial charge in [-0.25, -0.2) is 0 Å². The average Bonchev–Trinajstić information content (AvgIpc) is 2.14. The summed E-state index contributed by atoms with van der Waals surface area (Å²) in [5, 5.41) is 3.60. The summed E-state index contributed by atoms with van der Waals surface area (Å²) in [6, 6.07) is -0.137. The van der Waals surface area contributed by atoms with Crippen LogP contribution in [0.2, 0.25) is 0 Å². The number of hydrogen-bond donors (Lipinski definition) is 1. The molecule has 4 nitrogen and oxygen atoms in total. The standard InChI is InChI=1S/C5H9N3O/c1-3(6)5-7-4(2)9-8-5/h3H,6H2,1-2H3. The van der Waals surface area contributed by atoms with E-state index in [1.807, 2.05) is 6.92 Å². The van der Waals surface area contributed by atoms with Crippen LogP contribution in [-0.2, 0) is 0 Å². The van der Waals surface area contributed by atoms with Crippen molar-refractivity contribution in [2.75, 3.05) is 0 Å². The second-order valence-corrected chi connectivity index (χ2v) is 1.96. The highest BCUT2D eigenvalue weighted by atomic mass is 16.5. The average molecular weight is 127 g/mol. The van der Waals surface area contributed by atoms with Crippen LogP contribution in [0.3, 0.4) is 0 Å². The molecule has 0 spiro atoms. The molecule has 0 aliphatic rings. The molecule has 0 radical (unpaired) electrons. The Labute approximate surface area is 53.1 Å². The normalized spacial score (nSPS) is 13.7. The van der Waals surface area contributed by atoms with Gasteiger partial charge in [0, 0.05) is 6.92 Å². The second kappa shape index (κ2) is 2.14. The minimum atomic E-state index is -0.137. The molecule has 0 bridgehead atoms. The fraction of sp³-hybridized carbons (Fsp3) is 0.600. The number of hydrogen-bond acceptors (Lipinski definition) is 4. The Hall–Kier alpha value is -0.900. The van der Waals surface area contributed by atoms with Crippen LogP contribution in [0, 0.1) is 6.92 Å². The van der Waals surface area contributed by atoms with E-state index in [-0.39, 0.29) is 6.04 Å². The topological polar surface area (TPSA) is 64.9 Å². The van der Waals surface area contributed by atoms with Gasteiger partial charge in [0.05, 0.1) is 6.04 Å². The van der Waals surface area contributed by atoms with Crippen LogP contribution in [0.1, 0.15) is 24.7 Å². The first-order chi connectivity index (χ1) is 4.20. The Balaban J connectivity index is 2.85. The molecular formula is C5H9N3O. The number of aryl methyl sites for hydroxylation is 1. The van der Waals surface area contributed by atoms with Gasteiger partial charge in [0.2, 0.25) is 5.89 Å². The third-order valence-electron chi connectivity index (χ3n) is 0.951. The van der Waals surface area contributed by atoms with E-state index in [2.05, 4.69) is 14.7 Å².